The van der Waals surface area contributed by atoms with Gasteiger partial charge in [0.05, 0.1) is 13.0 Å². The van der Waals surface area contributed by atoms with Gasteiger partial charge < -0.3 is 19.3 Å². The lowest BCUT2D eigenvalue weighted by molar-refractivity contribution is -0.138. The maximum Gasteiger partial charge on any atom is 0.310 e. The first-order valence-electron chi connectivity index (χ1n) is 4.95. The molecular formula is C11H11FO5. The van der Waals surface area contributed by atoms with Crippen LogP contribution in [0.2, 0.25) is 0 Å². The van der Waals surface area contributed by atoms with E-state index in [4.69, 9.17) is 19.3 Å². The van der Waals surface area contributed by atoms with Crippen molar-refractivity contribution in [1.82, 2.24) is 0 Å². The second-order valence-corrected chi connectivity index (χ2v) is 3.61. The Hall–Kier alpha value is -1.98. The molecule has 0 saturated heterocycles. The highest BCUT2D eigenvalue weighted by Gasteiger charge is 2.29. The third kappa shape index (κ3) is 1.75. The molecule has 1 N–H and O–H groups in total. The van der Waals surface area contributed by atoms with E-state index in [9.17, 15) is 9.18 Å². The molecule has 0 spiro atoms. The van der Waals surface area contributed by atoms with Crippen LogP contribution in [0.25, 0.3) is 0 Å². The smallest absolute Gasteiger partial charge is 0.310 e. The number of rotatable bonds is 3. The Morgan fingerprint density at radius 1 is 1.59 bits per heavy atom. The molecule has 0 aliphatic carbocycles. The third-order valence-corrected chi connectivity index (χ3v) is 2.63. The van der Waals surface area contributed by atoms with Crippen molar-refractivity contribution in [1.29, 1.82) is 0 Å². The summed E-state index contributed by atoms with van der Waals surface area (Å²) in [7, 11) is 1.28. The Kier molecular flexibility index (Phi) is 2.79. The summed E-state index contributed by atoms with van der Waals surface area (Å²) < 4.78 is 28.8. The van der Waals surface area contributed by atoms with E-state index in [1.165, 1.54) is 20.1 Å². The van der Waals surface area contributed by atoms with Crippen LogP contribution in [0.15, 0.2) is 6.07 Å². The number of hydrogen-bond acceptors (Lipinski definition) is 4. The van der Waals surface area contributed by atoms with E-state index in [0.29, 0.717) is 0 Å². The zero-order valence-electron chi connectivity index (χ0n) is 9.32. The Labute approximate surface area is 96.7 Å². The lowest BCUT2D eigenvalue weighted by atomic mass is 9.99. The van der Waals surface area contributed by atoms with Crippen molar-refractivity contribution >= 4 is 5.97 Å². The molecule has 1 aliphatic rings. The van der Waals surface area contributed by atoms with Gasteiger partial charge in [-0.15, -0.1) is 0 Å². The second kappa shape index (κ2) is 4.12. The fourth-order valence-electron chi connectivity index (χ4n) is 1.67. The Morgan fingerprint density at radius 3 is 2.88 bits per heavy atom. The average Bonchev–Trinajstić information content (AvgIpc) is 2.76. The molecule has 92 valence electrons. The lowest BCUT2D eigenvalue weighted by Gasteiger charge is -2.14. The molecule has 1 aliphatic heterocycles. The predicted molar refractivity (Wildman–Crippen MR) is 55.1 cm³/mol. The normalized spacial score (nSPS) is 14.5. The van der Waals surface area contributed by atoms with Gasteiger partial charge in [-0.05, 0) is 13.0 Å². The van der Waals surface area contributed by atoms with Crippen LogP contribution in [0.3, 0.4) is 0 Å². The van der Waals surface area contributed by atoms with Crippen LogP contribution in [0, 0.1) is 5.82 Å². The number of carbonyl (C=O) groups is 1. The van der Waals surface area contributed by atoms with Gasteiger partial charge in [0.1, 0.15) is 0 Å². The molecule has 1 aromatic carbocycles. The molecule has 5 nitrogen and oxygen atoms in total. The third-order valence-electron chi connectivity index (χ3n) is 2.63. The number of aliphatic carboxylic acids is 1. The van der Waals surface area contributed by atoms with Crippen LogP contribution < -0.4 is 14.2 Å². The molecule has 0 amide bonds. The first-order valence-corrected chi connectivity index (χ1v) is 4.95. The molecule has 6 heteroatoms. The molecule has 1 aromatic rings. The monoisotopic (exact) mass is 242 g/mol. The molecule has 1 unspecified atom stereocenters. The predicted octanol–water partition coefficient (Wildman–Crippen LogP) is 1.75. The van der Waals surface area contributed by atoms with Crippen LogP contribution in [-0.4, -0.2) is 25.0 Å². The number of halogens is 1. The molecule has 17 heavy (non-hydrogen) atoms. The van der Waals surface area contributed by atoms with E-state index in [1.54, 1.807) is 0 Å². The van der Waals surface area contributed by atoms with Crippen molar-refractivity contribution in [3.63, 3.8) is 0 Å². The number of hydrogen-bond donors (Lipinski definition) is 1. The molecular weight excluding hydrogens is 231 g/mol. The number of benzene rings is 1. The lowest BCUT2D eigenvalue weighted by Crippen LogP contribution is -2.10. The van der Waals surface area contributed by atoms with Crippen LogP contribution in [0.1, 0.15) is 18.4 Å². The molecule has 0 bridgehead atoms. The fourth-order valence-corrected chi connectivity index (χ4v) is 1.67. The molecule has 0 saturated carbocycles. The average molecular weight is 242 g/mol. The quantitative estimate of drug-likeness (QED) is 0.874. The number of carboxylic acids is 1. The van der Waals surface area contributed by atoms with Gasteiger partial charge in [0.25, 0.3) is 0 Å². The SMILES string of the molecule is COc1c(C(C)C(=O)O)cc2c(c1F)OCO2. The van der Waals surface area contributed by atoms with Crippen molar-refractivity contribution in [3.8, 4) is 17.2 Å². The van der Waals surface area contributed by atoms with Crippen LogP contribution in [-0.2, 0) is 4.79 Å². The minimum Gasteiger partial charge on any atom is -0.493 e. The molecule has 0 aromatic heterocycles. The van der Waals surface area contributed by atoms with E-state index in [-0.39, 0.29) is 29.6 Å². The first-order chi connectivity index (χ1) is 8.06. The molecule has 2 rings (SSSR count). The number of fused-ring (bicyclic) bond motifs is 1. The highest BCUT2D eigenvalue weighted by molar-refractivity contribution is 5.77. The largest absolute Gasteiger partial charge is 0.493 e. The van der Waals surface area contributed by atoms with Gasteiger partial charge in [-0.25, -0.2) is 0 Å². The van der Waals surface area contributed by atoms with Gasteiger partial charge >= 0.3 is 5.97 Å². The maximum atomic E-state index is 13.9. The zero-order valence-corrected chi connectivity index (χ0v) is 9.32. The summed E-state index contributed by atoms with van der Waals surface area (Å²) in [6.45, 7) is 1.36. The van der Waals surface area contributed by atoms with Gasteiger partial charge in [0.15, 0.2) is 11.5 Å². The summed E-state index contributed by atoms with van der Waals surface area (Å²) in [5.74, 6) is -2.65. The van der Waals surface area contributed by atoms with Crippen molar-refractivity contribution in [2.75, 3.05) is 13.9 Å². The van der Waals surface area contributed by atoms with Crippen molar-refractivity contribution < 1.29 is 28.5 Å². The van der Waals surface area contributed by atoms with Gasteiger partial charge in [0.2, 0.25) is 18.4 Å². The van der Waals surface area contributed by atoms with Crippen molar-refractivity contribution in [2.45, 2.75) is 12.8 Å². The maximum absolute atomic E-state index is 13.9. The highest BCUT2D eigenvalue weighted by Crippen LogP contribution is 2.44. The van der Waals surface area contributed by atoms with Gasteiger partial charge in [-0.1, -0.05) is 0 Å². The van der Waals surface area contributed by atoms with Crippen molar-refractivity contribution in [3.05, 3.63) is 17.4 Å². The van der Waals surface area contributed by atoms with Crippen LogP contribution in [0.4, 0.5) is 4.39 Å². The summed E-state index contributed by atoms with van der Waals surface area (Å²) in [6, 6.07) is 1.43. The van der Waals surface area contributed by atoms with Crippen LogP contribution in [0.5, 0.6) is 17.2 Å². The summed E-state index contributed by atoms with van der Waals surface area (Å²) in [6.07, 6.45) is 0. The molecule has 0 radical (unpaired) electrons. The second-order valence-electron chi connectivity index (χ2n) is 3.61. The van der Waals surface area contributed by atoms with Crippen LogP contribution >= 0.6 is 0 Å². The summed E-state index contributed by atoms with van der Waals surface area (Å²) >= 11 is 0. The number of carboxylic acid groups (broad SMARTS) is 1. The molecule has 1 heterocycles. The fraction of sp³-hybridized carbons (Fsp3) is 0.364. The van der Waals surface area contributed by atoms with Gasteiger partial charge in [-0.2, -0.15) is 4.39 Å². The topological polar surface area (TPSA) is 65.0 Å². The minimum absolute atomic E-state index is 0.0387. The van der Waals surface area contributed by atoms with Crippen molar-refractivity contribution in [2.24, 2.45) is 0 Å². The number of methoxy groups -OCH3 is 1. The van der Waals surface area contributed by atoms with Gasteiger partial charge in [0, 0.05) is 5.56 Å². The molecule has 1 atom stereocenters. The first kappa shape index (κ1) is 11.5. The van der Waals surface area contributed by atoms with E-state index in [0.717, 1.165) is 0 Å². The van der Waals surface area contributed by atoms with E-state index >= 15 is 0 Å². The molecule has 0 fully saturated rings. The standard InChI is InChI=1S/C11H11FO5/c1-5(11(13)14)6-3-7-10(17-4-16-7)8(12)9(6)15-2/h3,5H,4H2,1-2H3,(H,13,14). The minimum atomic E-state index is -1.07. The Morgan fingerprint density at radius 2 is 2.29 bits per heavy atom. The van der Waals surface area contributed by atoms with E-state index < -0.39 is 17.7 Å². The zero-order chi connectivity index (χ0) is 12.6. The Bertz CT molecular complexity index is 471. The highest BCUT2D eigenvalue weighted by atomic mass is 19.1. The summed E-state index contributed by atoms with van der Waals surface area (Å²) in [4.78, 5) is 10.9. The van der Waals surface area contributed by atoms with E-state index in [1.807, 2.05) is 0 Å². The van der Waals surface area contributed by atoms with Gasteiger partial charge in [-0.3, -0.25) is 4.79 Å². The Balaban J connectivity index is 2.59. The van der Waals surface area contributed by atoms with E-state index in [2.05, 4.69) is 0 Å². The number of ether oxygens (including phenoxy) is 3. The summed E-state index contributed by atoms with van der Waals surface area (Å²) in [5.41, 5.74) is 0.224. The summed E-state index contributed by atoms with van der Waals surface area (Å²) in [5, 5.41) is 8.94.